The number of rotatable bonds is 4. The molecule has 0 unspecified atom stereocenters. The second kappa shape index (κ2) is 7.44. The van der Waals surface area contributed by atoms with E-state index in [1.54, 1.807) is 18.0 Å². The molecule has 1 aromatic heterocycles. The number of nitrogens with zero attached hydrogens (tertiary/aromatic N) is 3. The van der Waals surface area contributed by atoms with Gasteiger partial charge in [-0.25, -0.2) is 9.97 Å². The molecular weight excluding hydrogens is 380 g/mol. The number of aromatic nitrogens is 2. The monoisotopic (exact) mass is 396 g/mol. The van der Waals surface area contributed by atoms with Gasteiger partial charge in [0.2, 0.25) is 0 Å². The number of hydrogen-bond acceptors (Lipinski definition) is 4. The molecule has 0 saturated carbocycles. The van der Waals surface area contributed by atoms with Crippen LogP contribution in [0, 0.1) is 6.92 Å². The number of benzene rings is 2. The molecule has 3 rings (SSSR count). The Morgan fingerprint density at radius 1 is 1.08 bits per heavy atom. The molecule has 126 valence electrons. The molecule has 0 atom stereocenters. The summed E-state index contributed by atoms with van der Waals surface area (Å²) in [5.74, 6) is 0.384. The average molecular weight is 397 g/mol. The van der Waals surface area contributed by atoms with E-state index in [-0.39, 0.29) is 5.91 Å². The van der Waals surface area contributed by atoms with Gasteiger partial charge in [0.25, 0.3) is 5.91 Å². The van der Waals surface area contributed by atoms with E-state index < -0.39 is 0 Å². The fourth-order valence-electron chi connectivity index (χ4n) is 2.39. The highest BCUT2D eigenvalue weighted by Crippen LogP contribution is 2.23. The molecule has 1 heterocycles. The molecule has 0 bridgehead atoms. The quantitative estimate of drug-likeness (QED) is 0.701. The molecule has 3 aromatic rings. The Bertz CT molecular complexity index is 899. The summed E-state index contributed by atoms with van der Waals surface area (Å²) in [7, 11) is 1.73. The normalized spacial score (nSPS) is 10.4. The summed E-state index contributed by atoms with van der Waals surface area (Å²) in [4.78, 5) is 22.6. The number of para-hydroxylation sites is 1. The predicted octanol–water partition coefficient (Wildman–Crippen LogP) is 4.57. The van der Waals surface area contributed by atoms with E-state index in [1.165, 1.54) is 6.33 Å². The van der Waals surface area contributed by atoms with Crippen LogP contribution in [0.15, 0.2) is 65.4 Å². The highest BCUT2D eigenvalue weighted by molar-refractivity contribution is 9.10. The first kappa shape index (κ1) is 17.1. The summed E-state index contributed by atoms with van der Waals surface area (Å²) in [6.07, 6.45) is 1.39. The van der Waals surface area contributed by atoms with Crippen LogP contribution in [-0.4, -0.2) is 22.9 Å². The van der Waals surface area contributed by atoms with Crippen LogP contribution in [0.1, 0.15) is 16.1 Å². The average Bonchev–Trinajstić information content (AvgIpc) is 2.64. The maximum absolute atomic E-state index is 12.7. The third-order valence-corrected chi connectivity index (χ3v) is 4.28. The maximum Gasteiger partial charge on any atom is 0.276 e. The molecule has 1 amide bonds. The van der Waals surface area contributed by atoms with Gasteiger partial charge < -0.3 is 10.2 Å². The molecular formula is C19H17BrN4O. The molecule has 25 heavy (non-hydrogen) atoms. The third kappa shape index (κ3) is 4.03. The van der Waals surface area contributed by atoms with Crippen LogP contribution in [0.2, 0.25) is 0 Å². The number of hydrogen-bond donors (Lipinski definition) is 1. The number of amides is 1. The minimum Gasteiger partial charge on any atom is -0.340 e. The number of carbonyl (C=O) groups is 1. The van der Waals surface area contributed by atoms with Crippen molar-refractivity contribution in [1.29, 1.82) is 0 Å². The molecule has 0 saturated heterocycles. The van der Waals surface area contributed by atoms with Gasteiger partial charge in [-0.3, -0.25) is 4.79 Å². The van der Waals surface area contributed by atoms with E-state index in [4.69, 9.17) is 0 Å². The van der Waals surface area contributed by atoms with E-state index in [9.17, 15) is 4.79 Å². The first-order valence-electron chi connectivity index (χ1n) is 7.73. The van der Waals surface area contributed by atoms with Gasteiger partial charge in [0.1, 0.15) is 17.8 Å². The Hall–Kier alpha value is -2.73. The SMILES string of the molecule is Cc1cc(Br)ccc1Nc1cc(C(=O)N(C)c2ccccc2)ncn1. The van der Waals surface area contributed by atoms with Crippen molar-refractivity contribution in [3.63, 3.8) is 0 Å². The van der Waals surface area contributed by atoms with Crippen LogP contribution in [0.25, 0.3) is 0 Å². The third-order valence-electron chi connectivity index (χ3n) is 3.79. The van der Waals surface area contributed by atoms with E-state index in [2.05, 4.69) is 31.2 Å². The van der Waals surface area contributed by atoms with Crippen molar-refractivity contribution in [1.82, 2.24) is 9.97 Å². The van der Waals surface area contributed by atoms with Gasteiger partial charge in [-0.2, -0.15) is 0 Å². The number of nitrogens with one attached hydrogen (secondary N) is 1. The topological polar surface area (TPSA) is 58.1 Å². The molecule has 1 N–H and O–H groups in total. The van der Waals surface area contributed by atoms with Gasteiger partial charge in [0, 0.05) is 29.0 Å². The van der Waals surface area contributed by atoms with E-state index >= 15 is 0 Å². The van der Waals surface area contributed by atoms with Crippen LogP contribution in [0.4, 0.5) is 17.2 Å². The van der Waals surface area contributed by atoms with Crippen molar-refractivity contribution in [2.45, 2.75) is 6.92 Å². The number of carbonyl (C=O) groups excluding carboxylic acids is 1. The lowest BCUT2D eigenvalue weighted by molar-refractivity contribution is 0.0988. The molecule has 5 nitrogen and oxygen atoms in total. The lowest BCUT2D eigenvalue weighted by Gasteiger charge is -2.17. The van der Waals surface area contributed by atoms with Crippen molar-refractivity contribution in [2.24, 2.45) is 0 Å². The fourth-order valence-corrected chi connectivity index (χ4v) is 2.86. The molecule has 0 fully saturated rings. The summed E-state index contributed by atoms with van der Waals surface area (Å²) >= 11 is 3.45. The van der Waals surface area contributed by atoms with Crippen LogP contribution < -0.4 is 10.2 Å². The number of aryl methyl sites for hydroxylation is 1. The molecule has 6 heteroatoms. The standard InChI is InChI=1S/C19H17BrN4O/c1-13-10-14(20)8-9-16(13)23-18-11-17(21-12-22-18)19(25)24(2)15-6-4-3-5-7-15/h3-12H,1-2H3,(H,21,22,23). The summed E-state index contributed by atoms with van der Waals surface area (Å²) < 4.78 is 1.01. The molecule has 0 aliphatic carbocycles. The zero-order valence-corrected chi connectivity index (χ0v) is 15.5. The first-order valence-corrected chi connectivity index (χ1v) is 8.52. The molecule has 0 aliphatic heterocycles. The second-order valence-corrected chi connectivity index (χ2v) is 6.49. The number of anilines is 3. The van der Waals surface area contributed by atoms with Crippen LogP contribution >= 0.6 is 15.9 Å². The Balaban J connectivity index is 1.82. The highest BCUT2D eigenvalue weighted by Gasteiger charge is 2.15. The lowest BCUT2D eigenvalue weighted by Crippen LogP contribution is -2.27. The van der Waals surface area contributed by atoms with Gasteiger partial charge in [-0.05, 0) is 42.8 Å². The van der Waals surface area contributed by atoms with Crippen molar-refractivity contribution >= 4 is 39.0 Å². The molecule has 0 aliphatic rings. The number of halogens is 1. The van der Waals surface area contributed by atoms with Gasteiger partial charge in [-0.15, -0.1) is 0 Å². The van der Waals surface area contributed by atoms with Crippen LogP contribution in [0.3, 0.4) is 0 Å². The fraction of sp³-hybridized carbons (Fsp3) is 0.105. The van der Waals surface area contributed by atoms with Gasteiger partial charge in [0.15, 0.2) is 0 Å². The Morgan fingerprint density at radius 3 is 2.56 bits per heavy atom. The molecule has 0 spiro atoms. The van der Waals surface area contributed by atoms with Crippen LogP contribution in [0.5, 0.6) is 0 Å². The summed E-state index contributed by atoms with van der Waals surface area (Å²) in [5.41, 5.74) is 3.14. The van der Waals surface area contributed by atoms with E-state index in [0.717, 1.165) is 21.4 Å². The highest BCUT2D eigenvalue weighted by atomic mass is 79.9. The largest absolute Gasteiger partial charge is 0.340 e. The van der Waals surface area contributed by atoms with Crippen molar-refractivity contribution in [3.05, 3.63) is 76.7 Å². The predicted molar refractivity (Wildman–Crippen MR) is 103 cm³/mol. The molecule has 0 radical (unpaired) electrons. The Labute approximate surface area is 154 Å². The minimum atomic E-state index is -0.191. The Kier molecular flexibility index (Phi) is 5.09. The zero-order valence-electron chi connectivity index (χ0n) is 13.9. The van der Waals surface area contributed by atoms with Crippen LogP contribution in [-0.2, 0) is 0 Å². The van der Waals surface area contributed by atoms with Crippen molar-refractivity contribution in [3.8, 4) is 0 Å². The van der Waals surface area contributed by atoms with Crippen molar-refractivity contribution < 1.29 is 4.79 Å². The molecule has 2 aromatic carbocycles. The Morgan fingerprint density at radius 2 is 1.84 bits per heavy atom. The van der Waals surface area contributed by atoms with Gasteiger partial charge >= 0.3 is 0 Å². The smallest absolute Gasteiger partial charge is 0.276 e. The second-order valence-electron chi connectivity index (χ2n) is 5.57. The minimum absolute atomic E-state index is 0.191. The van der Waals surface area contributed by atoms with E-state index in [1.807, 2.05) is 55.5 Å². The van der Waals surface area contributed by atoms with Crippen molar-refractivity contribution in [2.75, 3.05) is 17.3 Å². The summed E-state index contributed by atoms with van der Waals surface area (Å²) in [6, 6.07) is 17.0. The maximum atomic E-state index is 12.7. The summed E-state index contributed by atoms with van der Waals surface area (Å²) in [5, 5.41) is 3.23. The van der Waals surface area contributed by atoms with Gasteiger partial charge in [0.05, 0.1) is 0 Å². The first-order chi connectivity index (χ1) is 12.0. The lowest BCUT2D eigenvalue weighted by atomic mass is 10.2. The summed E-state index contributed by atoms with van der Waals surface area (Å²) in [6.45, 7) is 2.00. The van der Waals surface area contributed by atoms with E-state index in [0.29, 0.717) is 11.5 Å². The zero-order chi connectivity index (χ0) is 17.8. The van der Waals surface area contributed by atoms with Gasteiger partial charge in [-0.1, -0.05) is 34.1 Å².